The van der Waals surface area contributed by atoms with Gasteiger partial charge in [0.2, 0.25) is 0 Å². The van der Waals surface area contributed by atoms with Crippen molar-refractivity contribution in [3.8, 4) is 0 Å². The number of likely N-dealkylation sites (tertiary alicyclic amines) is 1. The summed E-state index contributed by atoms with van der Waals surface area (Å²) in [6.07, 6.45) is 10.2. The molecule has 1 saturated heterocycles. The number of hydrogen-bond acceptors (Lipinski definition) is 3. The molecule has 0 spiro atoms. The predicted octanol–water partition coefficient (Wildman–Crippen LogP) is 3.21. The first-order valence-electron chi connectivity index (χ1n) is 9.12. The number of aromatic nitrogens is 1. The summed E-state index contributed by atoms with van der Waals surface area (Å²) in [5.41, 5.74) is 0.381. The summed E-state index contributed by atoms with van der Waals surface area (Å²) in [6, 6.07) is 3.35. The molecule has 4 unspecified atom stereocenters. The predicted molar refractivity (Wildman–Crippen MR) is 88.8 cm³/mol. The van der Waals surface area contributed by atoms with E-state index in [9.17, 15) is 9.59 Å². The lowest BCUT2D eigenvalue weighted by atomic mass is 9.83. The zero-order chi connectivity index (χ0) is 16.7. The molecule has 0 aromatic carbocycles. The molecular weight excluding hydrogens is 304 g/mol. The van der Waals surface area contributed by atoms with Gasteiger partial charge in [0.15, 0.2) is 0 Å². The normalized spacial score (nSPS) is 31.6. The van der Waals surface area contributed by atoms with Gasteiger partial charge in [0.1, 0.15) is 5.69 Å². The molecule has 5 heteroatoms. The molecule has 1 aromatic rings. The molecule has 4 rings (SSSR count). The monoisotopic (exact) mass is 328 g/mol. The van der Waals surface area contributed by atoms with Gasteiger partial charge in [-0.15, -0.1) is 0 Å². The molecule has 2 heterocycles. The van der Waals surface area contributed by atoms with Crippen molar-refractivity contribution in [1.29, 1.82) is 0 Å². The third kappa shape index (κ3) is 2.80. The van der Waals surface area contributed by atoms with Crippen LogP contribution in [0.4, 0.5) is 0 Å². The van der Waals surface area contributed by atoms with Gasteiger partial charge in [-0.05, 0) is 68.4 Å². The third-order valence-corrected chi connectivity index (χ3v) is 6.32. The minimum absolute atomic E-state index is 0.0365. The number of aromatic carboxylic acids is 1. The second kappa shape index (κ2) is 6.19. The van der Waals surface area contributed by atoms with E-state index in [0.29, 0.717) is 11.6 Å². The first-order valence-corrected chi connectivity index (χ1v) is 9.12. The quantitative estimate of drug-likeness (QED) is 0.921. The maximum Gasteiger partial charge on any atom is 0.354 e. The summed E-state index contributed by atoms with van der Waals surface area (Å²) in [6.45, 7) is 0.787. The zero-order valence-electron chi connectivity index (χ0n) is 13.9. The largest absolute Gasteiger partial charge is 0.477 e. The third-order valence-electron chi connectivity index (χ3n) is 6.32. The number of rotatable bonds is 4. The van der Waals surface area contributed by atoms with Crippen molar-refractivity contribution in [1.82, 2.24) is 9.88 Å². The molecule has 1 N–H and O–H groups in total. The van der Waals surface area contributed by atoms with Gasteiger partial charge in [0.25, 0.3) is 5.91 Å². The van der Waals surface area contributed by atoms with E-state index >= 15 is 0 Å². The number of hydrogen-bond donors (Lipinski definition) is 1. The van der Waals surface area contributed by atoms with Crippen molar-refractivity contribution in [3.05, 3.63) is 29.6 Å². The van der Waals surface area contributed by atoms with Crippen molar-refractivity contribution in [3.63, 3.8) is 0 Å². The summed E-state index contributed by atoms with van der Waals surface area (Å²) in [5.74, 6) is 1.47. The van der Waals surface area contributed by atoms with Gasteiger partial charge >= 0.3 is 5.97 Å². The highest BCUT2D eigenvalue weighted by molar-refractivity contribution is 5.96. The number of fused-ring (bicyclic) bond motifs is 2. The summed E-state index contributed by atoms with van der Waals surface area (Å²) in [7, 11) is 0. The zero-order valence-corrected chi connectivity index (χ0v) is 13.9. The van der Waals surface area contributed by atoms with Gasteiger partial charge in [-0.3, -0.25) is 4.79 Å². The van der Waals surface area contributed by atoms with E-state index in [1.165, 1.54) is 37.9 Å². The molecule has 2 saturated carbocycles. The van der Waals surface area contributed by atoms with Crippen molar-refractivity contribution >= 4 is 11.9 Å². The Morgan fingerprint density at radius 3 is 2.83 bits per heavy atom. The number of carbonyl (C=O) groups excluding carboxylic acids is 1. The molecule has 2 aliphatic carbocycles. The van der Waals surface area contributed by atoms with Crippen LogP contribution in [0.3, 0.4) is 0 Å². The average molecular weight is 328 g/mol. The maximum absolute atomic E-state index is 12.9. The van der Waals surface area contributed by atoms with Gasteiger partial charge in [-0.1, -0.05) is 6.42 Å². The van der Waals surface area contributed by atoms with Crippen LogP contribution in [-0.4, -0.2) is 39.5 Å². The molecule has 24 heavy (non-hydrogen) atoms. The van der Waals surface area contributed by atoms with Crippen LogP contribution in [0.2, 0.25) is 0 Å². The fourth-order valence-corrected chi connectivity index (χ4v) is 5.21. The molecular formula is C19H24N2O3. The Kier molecular flexibility index (Phi) is 4.02. The van der Waals surface area contributed by atoms with Crippen LogP contribution in [0.5, 0.6) is 0 Å². The summed E-state index contributed by atoms with van der Waals surface area (Å²) in [5, 5.41) is 9.07. The fourth-order valence-electron chi connectivity index (χ4n) is 5.21. The number of nitrogens with zero attached hydrogens (tertiary/aromatic N) is 2. The lowest BCUT2D eigenvalue weighted by molar-refractivity contribution is 0.0690. The van der Waals surface area contributed by atoms with E-state index in [1.807, 2.05) is 4.90 Å². The van der Waals surface area contributed by atoms with Crippen molar-refractivity contribution in [2.24, 2.45) is 17.8 Å². The second-order valence-corrected chi connectivity index (χ2v) is 7.70. The number of amides is 1. The molecule has 4 atom stereocenters. The lowest BCUT2D eigenvalue weighted by Gasteiger charge is -2.30. The Hall–Kier alpha value is -1.91. The van der Waals surface area contributed by atoms with Crippen LogP contribution in [0.25, 0.3) is 0 Å². The second-order valence-electron chi connectivity index (χ2n) is 7.70. The van der Waals surface area contributed by atoms with Crippen molar-refractivity contribution in [2.45, 2.75) is 51.0 Å². The minimum Gasteiger partial charge on any atom is -0.477 e. The summed E-state index contributed by atoms with van der Waals surface area (Å²) >= 11 is 0. The van der Waals surface area contributed by atoms with Crippen LogP contribution in [-0.2, 0) is 0 Å². The van der Waals surface area contributed by atoms with E-state index in [2.05, 4.69) is 4.98 Å². The van der Waals surface area contributed by atoms with Crippen LogP contribution in [0.1, 0.15) is 65.8 Å². The van der Waals surface area contributed by atoms with E-state index in [0.717, 1.165) is 43.6 Å². The van der Waals surface area contributed by atoms with Crippen LogP contribution in [0, 0.1) is 17.8 Å². The molecule has 5 nitrogen and oxygen atoms in total. The van der Waals surface area contributed by atoms with Gasteiger partial charge < -0.3 is 10.0 Å². The van der Waals surface area contributed by atoms with Crippen molar-refractivity contribution < 1.29 is 14.7 Å². The number of carbonyl (C=O) groups is 2. The first-order chi connectivity index (χ1) is 11.6. The Bertz CT molecular complexity index is 660. The van der Waals surface area contributed by atoms with Crippen LogP contribution in [0.15, 0.2) is 18.3 Å². The number of carboxylic acids is 1. The van der Waals surface area contributed by atoms with E-state index < -0.39 is 5.97 Å². The molecule has 1 aliphatic heterocycles. The van der Waals surface area contributed by atoms with E-state index in [4.69, 9.17) is 5.11 Å². The fraction of sp³-hybridized carbons (Fsp3) is 0.632. The molecule has 3 aliphatic rings. The van der Waals surface area contributed by atoms with Crippen molar-refractivity contribution in [2.75, 3.05) is 6.54 Å². The highest BCUT2D eigenvalue weighted by Gasteiger charge is 2.42. The highest BCUT2D eigenvalue weighted by Crippen LogP contribution is 2.50. The van der Waals surface area contributed by atoms with Crippen LogP contribution < -0.4 is 0 Å². The van der Waals surface area contributed by atoms with E-state index in [-0.39, 0.29) is 11.6 Å². The standard InChI is InChI=1S/C19H24N2O3/c22-18(14-5-6-20-17(11-14)19(23)24)21-7-1-2-16(21)10-15-9-12-3-4-13(15)8-12/h5-6,11-13,15-16H,1-4,7-10H2,(H,23,24). The lowest BCUT2D eigenvalue weighted by Crippen LogP contribution is -2.37. The Labute approximate surface area is 142 Å². The average Bonchev–Trinajstić information content (AvgIpc) is 3.31. The Morgan fingerprint density at radius 2 is 2.12 bits per heavy atom. The Balaban J connectivity index is 1.47. The van der Waals surface area contributed by atoms with Gasteiger partial charge in [0, 0.05) is 24.3 Å². The van der Waals surface area contributed by atoms with Gasteiger partial charge in [-0.25, -0.2) is 9.78 Å². The molecule has 1 amide bonds. The Morgan fingerprint density at radius 1 is 1.25 bits per heavy atom. The minimum atomic E-state index is -1.09. The van der Waals surface area contributed by atoms with E-state index in [1.54, 1.807) is 6.07 Å². The van der Waals surface area contributed by atoms with Gasteiger partial charge in [0.05, 0.1) is 0 Å². The molecule has 2 bridgehead atoms. The number of carboxylic acid groups (broad SMARTS) is 1. The van der Waals surface area contributed by atoms with Gasteiger partial charge in [-0.2, -0.15) is 0 Å². The SMILES string of the molecule is O=C(O)c1cc(C(=O)N2CCCC2CC2CC3CCC2C3)ccn1. The summed E-state index contributed by atoms with van der Waals surface area (Å²) in [4.78, 5) is 29.7. The topological polar surface area (TPSA) is 70.5 Å². The summed E-state index contributed by atoms with van der Waals surface area (Å²) < 4.78 is 0. The smallest absolute Gasteiger partial charge is 0.354 e. The van der Waals surface area contributed by atoms with Crippen LogP contribution >= 0.6 is 0 Å². The molecule has 128 valence electrons. The first kappa shape index (κ1) is 15.6. The highest BCUT2D eigenvalue weighted by atomic mass is 16.4. The number of pyridine rings is 1. The maximum atomic E-state index is 12.9. The molecule has 3 fully saturated rings. The molecule has 0 radical (unpaired) electrons. The molecule has 1 aromatic heterocycles.